The molecule has 5 aromatic carbocycles. The van der Waals surface area contributed by atoms with Crippen LogP contribution in [0.3, 0.4) is 0 Å². The van der Waals surface area contributed by atoms with Crippen molar-refractivity contribution in [2.24, 2.45) is 0 Å². The maximum Gasteiger partial charge on any atom is 0.573 e. The van der Waals surface area contributed by atoms with Crippen LogP contribution in [0.4, 0.5) is 18.9 Å². The van der Waals surface area contributed by atoms with Gasteiger partial charge in [-0.3, -0.25) is 9.69 Å². The highest BCUT2D eigenvalue weighted by Crippen LogP contribution is 2.48. The summed E-state index contributed by atoms with van der Waals surface area (Å²) in [4.78, 5) is 19.3. The number of halogens is 3. The minimum atomic E-state index is -4.70. The Kier molecular flexibility index (Phi) is 8.03. The summed E-state index contributed by atoms with van der Waals surface area (Å²) in [7, 11) is 0. The first kappa shape index (κ1) is 30.1. The summed E-state index contributed by atoms with van der Waals surface area (Å²) in [5.74, 6) is -0.0213. The van der Waals surface area contributed by atoms with Crippen LogP contribution in [0.15, 0.2) is 115 Å². The molecular formula is C39H35F3N2O2. The van der Waals surface area contributed by atoms with Gasteiger partial charge < -0.3 is 9.64 Å². The minimum Gasteiger partial charge on any atom is -0.406 e. The molecule has 0 amide bonds. The van der Waals surface area contributed by atoms with E-state index in [9.17, 15) is 18.0 Å². The van der Waals surface area contributed by atoms with E-state index in [4.69, 9.17) is 0 Å². The number of carbonyl (C=O) groups is 1. The third kappa shape index (κ3) is 5.99. The number of rotatable bonds is 8. The lowest BCUT2D eigenvalue weighted by Gasteiger charge is -2.31. The van der Waals surface area contributed by atoms with Crippen LogP contribution in [0.1, 0.15) is 39.0 Å². The van der Waals surface area contributed by atoms with Gasteiger partial charge in [-0.1, -0.05) is 97.1 Å². The van der Waals surface area contributed by atoms with Crippen LogP contribution in [0, 0.1) is 0 Å². The quantitative estimate of drug-likeness (QED) is 0.175. The number of Topliss-reactive ketones (excluding diaryl/α,β-unsaturated/α-hetero) is 1. The molecule has 46 heavy (non-hydrogen) atoms. The Balaban J connectivity index is 1.17. The number of alkyl halides is 3. The molecule has 0 bridgehead atoms. The van der Waals surface area contributed by atoms with E-state index < -0.39 is 11.8 Å². The van der Waals surface area contributed by atoms with Gasteiger partial charge in [0.2, 0.25) is 0 Å². The SMILES string of the molecule is O=C1c2cccc3c(N4CCCN(Cc5ccc(OC(F)(F)F)cc5)CC4)ccc(c23)C1(Cc1ccccc1)Cc1ccccc1. The van der Waals surface area contributed by atoms with Gasteiger partial charge in [0.05, 0.1) is 5.41 Å². The van der Waals surface area contributed by atoms with Crippen molar-refractivity contribution in [2.75, 3.05) is 31.1 Å². The summed E-state index contributed by atoms with van der Waals surface area (Å²) >= 11 is 0. The zero-order valence-electron chi connectivity index (χ0n) is 25.5. The van der Waals surface area contributed by atoms with E-state index in [2.05, 4.69) is 57.0 Å². The summed E-state index contributed by atoms with van der Waals surface area (Å²) < 4.78 is 41.7. The lowest BCUT2D eigenvalue weighted by molar-refractivity contribution is -0.274. The largest absolute Gasteiger partial charge is 0.573 e. The first-order valence-electron chi connectivity index (χ1n) is 15.8. The number of ketones is 1. The summed E-state index contributed by atoms with van der Waals surface area (Å²) in [6.07, 6.45) is -2.49. The van der Waals surface area contributed by atoms with Crippen LogP contribution in [0.25, 0.3) is 10.8 Å². The molecule has 0 saturated carbocycles. The average molecular weight is 621 g/mol. The standard InChI is InChI=1S/C39H35F3N2O2/c40-39(41,42)46-31-17-15-30(16-18-31)27-43-21-8-22-44(24-23-43)35-20-19-34-36-32(35)13-7-14-33(36)37(45)38(34,25-28-9-3-1-4-10-28)26-29-11-5-2-6-12-29/h1-7,9-20H,8,21-27H2. The second-order valence-corrected chi connectivity index (χ2v) is 12.4. The maximum atomic E-state index is 14.6. The highest BCUT2D eigenvalue weighted by Gasteiger charge is 2.47. The van der Waals surface area contributed by atoms with Gasteiger partial charge in [-0.25, -0.2) is 0 Å². The molecule has 4 nitrogen and oxygen atoms in total. The molecule has 7 rings (SSSR count). The average Bonchev–Trinajstić information content (AvgIpc) is 3.17. The van der Waals surface area contributed by atoms with Gasteiger partial charge in [-0.05, 0) is 65.1 Å². The van der Waals surface area contributed by atoms with Crippen LogP contribution in [0.2, 0.25) is 0 Å². The highest BCUT2D eigenvalue weighted by molar-refractivity contribution is 6.22. The topological polar surface area (TPSA) is 32.8 Å². The predicted octanol–water partition coefficient (Wildman–Crippen LogP) is 8.37. The van der Waals surface area contributed by atoms with E-state index in [1.165, 1.54) is 12.1 Å². The zero-order chi connectivity index (χ0) is 31.7. The summed E-state index contributed by atoms with van der Waals surface area (Å²) in [5, 5.41) is 2.18. The molecule has 5 aromatic rings. The van der Waals surface area contributed by atoms with E-state index in [0.717, 1.165) is 76.9 Å². The molecule has 0 N–H and O–H groups in total. The molecule has 234 valence electrons. The van der Waals surface area contributed by atoms with Gasteiger partial charge in [0, 0.05) is 49.4 Å². The van der Waals surface area contributed by atoms with Crippen LogP contribution in [0.5, 0.6) is 5.75 Å². The maximum absolute atomic E-state index is 14.6. The number of ether oxygens (including phenoxy) is 1. The fraction of sp³-hybridized carbons (Fsp3) is 0.256. The van der Waals surface area contributed by atoms with Crippen LogP contribution < -0.4 is 9.64 Å². The fourth-order valence-electron chi connectivity index (χ4n) is 7.36. The molecule has 0 atom stereocenters. The van der Waals surface area contributed by atoms with Crippen LogP contribution in [-0.4, -0.2) is 43.2 Å². The first-order valence-corrected chi connectivity index (χ1v) is 15.8. The smallest absolute Gasteiger partial charge is 0.406 e. The Bertz CT molecular complexity index is 1800. The second kappa shape index (κ2) is 12.3. The van der Waals surface area contributed by atoms with E-state index in [-0.39, 0.29) is 11.5 Å². The number of anilines is 1. The number of benzene rings is 5. The van der Waals surface area contributed by atoms with Gasteiger partial charge in [0.15, 0.2) is 5.78 Å². The molecule has 1 aliphatic heterocycles. The van der Waals surface area contributed by atoms with E-state index in [0.29, 0.717) is 19.4 Å². The molecule has 0 radical (unpaired) electrons. The molecule has 1 fully saturated rings. The van der Waals surface area contributed by atoms with Crippen molar-refractivity contribution in [3.05, 3.63) is 143 Å². The zero-order valence-corrected chi connectivity index (χ0v) is 25.5. The molecule has 1 aliphatic carbocycles. The number of hydrogen-bond donors (Lipinski definition) is 0. The Morgan fingerprint density at radius 1 is 0.674 bits per heavy atom. The molecule has 1 saturated heterocycles. The molecule has 0 spiro atoms. The molecule has 1 heterocycles. The summed E-state index contributed by atoms with van der Waals surface area (Å²) in [6, 6.07) is 37.3. The highest BCUT2D eigenvalue weighted by atomic mass is 19.4. The first-order chi connectivity index (χ1) is 22.3. The van der Waals surface area contributed by atoms with Crippen molar-refractivity contribution >= 4 is 22.2 Å². The molecule has 0 aromatic heterocycles. The normalized spacial score (nSPS) is 16.5. The molecule has 7 heteroatoms. The Hall–Kier alpha value is -4.62. The minimum absolute atomic E-state index is 0.187. The monoisotopic (exact) mass is 620 g/mol. The lowest BCUT2D eigenvalue weighted by Crippen LogP contribution is -2.37. The van der Waals surface area contributed by atoms with Gasteiger partial charge in [-0.15, -0.1) is 13.2 Å². The third-order valence-corrected chi connectivity index (χ3v) is 9.40. The van der Waals surface area contributed by atoms with Crippen molar-refractivity contribution in [3.8, 4) is 5.75 Å². The molecule has 2 aliphatic rings. The molecular weight excluding hydrogens is 585 g/mol. The van der Waals surface area contributed by atoms with Crippen molar-refractivity contribution in [3.63, 3.8) is 0 Å². The van der Waals surface area contributed by atoms with Crippen LogP contribution in [-0.2, 0) is 24.8 Å². The number of nitrogens with zero attached hydrogens (tertiary/aromatic N) is 2. The van der Waals surface area contributed by atoms with Gasteiger partial charge in [0.1, 0.15) is 5.75 Å². The molecule has 0 unspecified atom stereocenters. The Morgan fingerprint density at radius 2 is 1.35 bits per heavy atom. The van der Waals surface area contributed by atoms with Crippen molar-refractivity contribution in [1.29, 1.82) is 0 Å². The van der Waals surface area contributed by atoms with Crippen molar-refractivity contribution in [1.82, 2.24) is 4.90 Å². The summed E-state index contributed by atoms with van der Waals surface area (Å²) in [5.41, 5.74) is 5.59. The van der Waals surface area contributed by atoms with E-state index >= 15 is 0 Å². The van der Waals surface area contributed by atoms with Crippen molar-refractivity contribution < 1.29 is 22.7 Å². The van der Waals surface area contributed by atoms with E-state index in [1.807, 2.05) is 48.5 Å². The lowest BCUT2D eigenvalue weighted by atomic mass is 9.71. The van der Waals surface area contributed by atoms with Gasteiger partial charge in [-0.2, -0.15) is 0 Å². The van der Waals surface area contributed by atoms with E-state index in [1.54, 1.807) is 12.1 Å². The van der Waals surface area contributed by atoms with Gasteiger partial charge >= 0.3 is 6.36 Å². The number of carbonyl (C=O) groups excluding carboxylic acids is 1. The number of hydrogen-bond acceptors (Lipinski definition) is 4. The predicted molar refractivity (Wildman–Crippen MR) is 175 cm³/mol. The third-order valence-electron chi connectivity index (χ3n) is 9.40. The Labute approximate surface area is 267 Å². The van der Waals surface area contributed by atoms with Crippen LogP contribution >= 0.6 is 0 Å². The van der Waals surface area contributed by atoms with Gasteiger partial charge in [0.25, 0.3) is 0 Å². The summed E-state index contributed by atoms with van der Waals surface area (Å²) in [6.45, 7) is 4.03. The van der Waals surface area contributed by atoms with Crippen molar-refractivity contribution in [2.45, 2.75) is 37.6 Å². The second-order valence-electron chi connectivity index (χ2n) is 12.4. The Morgan fingerprint density at radius 3 is 2.00 bits per heavy atom. The fourth-order valence-corrected chi connectivity index (χ4v) is 7.36.